The third kappa shape index (κ3) is 2.98. The fraction of sp³-hybridized carbons (Fsp3) is 0.333. The largest absolute Gasteiger partial charge is 0.493 e. The number of methoxy groups -OCH3 is 3. The van der Waals surface area contributed by atoms with E-state index in [4.69, 9.17) is 14.2 Å². The van der Waals surface area contributed by atoms with Gasteiger partial charge in [-0.25, -0.2) is 0 Å². The zero-order valence-corrected chi connectivity index (χ0v) is 13.3. The number of ether oxygens (including phenoxy) is 3. The molecule has 118 valence electrons. The van der Waals surface area contributed by atoms with Gasteiger partial charge in [0.1, 0.15) is 0 Å². The molecule has 7 nitrogen and oxygen atoms in total. The average Bonchev–Trinajstić information content (AvgIpc) is 2.84. The highest BCUT2D eigenvalue weighted by molar-refractivity contribution is 6.05. The van der Waals surface area contributed by atoms with Crippen molar-refractivity contribution in [2.45, 2.75) is 6.92 Å². The Labute approximate surface area is 128 Å². The first-order valence-corrected chi connectivity index (χ1v) is 6.61. The molecule has 22 heavy (non-hydrogen) atoms. The third-order valence-corrected chi connectivity index (χ3v) is 3.18. The molecule has 7 heteroatoms. The van der Waals surface area contributed by atoms with Gasteiger partial charge in [0.2, 0.25) is 5.75 Å². The Hall–Kier alpha value is -2.70. The number of aryl methyl sites for hydroxylation is 2. The standard InChI is InChI=1S/C15H19N3O4/c1-9-11(8-18(2)17-9)15(19)16-10-6-12(20-3)14(22-5)13(7-10)21-4/h6-8H,1-5H3,(H,16,19). The summed E-state index contributed by atoms with van der Waals surface area (Å²) in [5, 5.41) is 6.96. The topological polar surface area (TPSA) is 74.6 Å². The molecule has 0 spiro atoms. The summed E-state index contributed by atoms with van der Waals surface area (Å²) in [6, 6.07) is 3.34. The van der Waals surface area contributed by atoms with Crippen LogP contribution in [0.2, 0.25) is 0 Å². The molecule has 0 aliphatic carbocycles. The second-order valence-corrected chi connectivity index (χ2v) is 4.67. The number of anilines is 1. The molecule has 1 heterocycles. The summed E-state index contributed by atoms with van der Waals surface area (Å²) in [5.41, 5.74) is 1.71. The lowest BCUT2D eigenvalue weighted by atomic mass is 10.2. The van der Waals surface area contributed by atoms with Crippen molar-refractivity contribution in [3.8, 4) is 17.2 Å². The molecule has 1 aromatic heterocycles. The Bertz CT molecular complexity index is 669. The van der Waals surface area contributed by atoms with Crippen molar-refractivity contribution in [1.82, 2.24) is 9.78 Å². The lowest BCUT2D eigenvalue weighted by Gasteiger charge is -2.14. The molecule has 0 saturated heterocycles. The maximum atomic E-state index is 12.3. The fourth-order valence-corrected chi connectivity index (χ4v) is 2.17. The molecular weight excluding hydrogens is 286 g/mol. The Morgan fingerprint density at radius 2 is 1.73 bits per heavy atom. The molecule has 0 fully saturated rings. The van der Waals surface area contributed by atoms with Crippen molar-refractivity contribution in [3.05, 3.63) is 29.6 Å². The molecule has 0 radical (unpaired) electrons. The summed E-state index contributed by atoms with van der Waals surface area (Å²) in [7, 11) is 6.34. The lowest BCUT2D eigenvalue weighted by molar-refractivity contribution is 0.102. The van der Waals surface area contributed by atoms with Gasteiger partial charge in [-0.1, -0.05) is 0 Å². The van der Waals surface area contributed by atoms with E-state index in [-0.39, 0.29) is 5.91 Å². The molecule has 0 bridgehead atoms. The van der Waals surface area contributed by atoms with Gasteiger partial charge < -0.3 is 19.5 Å². The smallest absolute Gasteiger partial charge is 0.259 e. The zero-order chi connectivity index (χ0) is 16.3. The number of benzene rings is 1. The van der Waals surface area contributed by atoms with E-state index in [1.165, 1.54) is 21.3 Å². The van der Waals surface area contributed by atoms with Gasteiger partial charge in [-0.3, -0.25) is 9.48 Å². The minimum absolute atomic E-state index is 0.250. The summed E-state index contributed by atoms with van der Waals surface area (Å²) in [6.45, 7) is 1.78. The van der Waals surface area contributed by atoms with Crippen LogP contribution in [0, 0.1) is 6.92 Å². The first kappa shape index (κ1) is 15.7. The zero-order valence-electron chi connectivity index (χ0n) is 13.3. The Morgan fingerprint density at radius 3 is 2.14 bits per heavy atom. The summed E-state index contributed by atoms with van der Waals surface area (Å²) < 4.78 is 17.4. The van der Waals surface area contributed by atoms with Gasteiger partial charge in [0.05, 0.1) is 32.6 Å². The molecule has 2 rings (SSSR count). The molecule has 0 aliphatic rings. The average molecular weight is 305 g/mol. The molecule has 1 amide bonds. The molecule has 0 unspecified atom stereocenters. The van der Waals surface area contributed by atoms with Crippen LogP contribution in [0.15, 0.2) is 18.3 Å². The van der Waals surface area contributed by atoms with Gasteiger partial charge in [-0.05, 0) is 6.92 Å². The molecular formula is C15H19N3O4. The normalized spacial score (nSPS) is 10.2. The van der Waals surface area contributed by atoms with Crippen molar-refractivity contribution in [2.75, 3.05) is 26.6 Å². The van der Waals surface area contributed by atoms with Crippen molar-refractivity contribution in [2.24, 2.45) is 7.05 Å². The molecule has 1 N–H and O–H groups in total. The number of aromatic nitrogens is 2. The molecule has 1 aromatic carbocycles. The number of rotatable bonds is 5. The molecule has 2 aromatic rings. The van der Waals surface area contributed by atoms with E-state index in [1.807, 2.05) is 0 Å². The van der Waals surface area contributed by atoms with Crippen molar-refractivity contribution < 1.29 is 19.0 Å². The SMILES string of the molecule is COc1cc(NC(=O)c2cn(C)nc2C)cc(OC)c1OC. The van der Waals surface area contributed by atoms with Crippen LogP contribution in [0.4, 0.5) is 5.69 Å². The summed E-state index contributed by atoms with van der Waals surface area (Å²) >= 11 is 0. The van der Waals surface area contributed by atoms with Crippen molar-refractivity contribution in [1.29, 1.82) is 0 Å². The van der Waals surface area contributed by atoms with E-state index < -0.39 is 0 Å². The molecule has 0 saturated carbocycles. The van der Waals surface area contributed by atoms with Crippen molar-refractivity contribution in [3.63, 3.8) is 0 Å². The predicted molar refractivity (Wildman–Crippen MR) is 82.0 cm³/mol. The Balaban J connectivity index is 2.33. The Morgan fingerprint density at radius 1 is 1.14 bits per heavy atom. The van der Waals surface area contributed by atoms with Crippen LogP contribution in [0.5, 0.6) is 17.2 Å². The lowest BCUT2D eigenvalue weighted by Crippen LogP contribution is -2.12. The first-order chi connectivity index (χ1) is 10.5. The van der Waals surface area contributed by atoms with Gasteiger partial charge >= 0.3 is 0 Å². The highest BCUT2D eigenvalue weighted by atomic mass is 16.5. The number of amides is 1. The van der Waals surface area contributed by atoms with Crippen LogP contribution in [0.3, 0.4) is 0 Å². The van der Waals surface area contributed by atoms with Crippen LogP contribution in [0.25, 0.3) is 0 Å². The van der Waals surface area contributed by atoms with E-state index in [9.17, 15) is 4.79 Å². The second-order valence-electron chi connectivity index (χ2n) is 4.67. The number of nitrogens with zero attached hydrogens (tertiary/aromatic N) is 2. The van der Waals surface area contributed by atoms with Crippen LogP contribution in [-0.4, -0.2) is 37.0 Å². The number of hydrogen-bond acceptors (Lipinski definition) is 5. The number of carbonyl (C=O) groups is 1. The highest BCUT2D eigenvalue weighted by Crippen LogP contribution is 2.40. The van der Waals surface area contributed by atoms with E-state index in [0.29, 0.717) is 34.2 Å². The quantitative estimate of drug-likeness (QED) is 0.914. The maximum Gasteiger partial charge on any atom is 0.259 e. The van der Waals surface area contributed by atoms with Crippen LogP contribution in [-0.2, 0) is 7.05 Å². The van der Waals surface area contributed by atoms with Crippen LogP contribution in [0.1, 0.15) is 16.1 Å². The summed E-state index contributed by atoms with van der Waals surface area (Å²) in [5.74, 6) is 1.17. The number of hydrogen-bond donors (Lipinski definition) is 1. The van der Waals surface area contributed by atoms with Gasteiger partial charge in [0.15, 0.2) is 11.5 Å². The number of carbonyl (C=O) groups excluding carboxylic acids is 1. The van der Waals surface area contributed by atoms with Crippen LogP contribution >= 0.6 is 0 Å². The molecule has 0 aliphatic heterocycles. The van der Waals surface area contributed by atoms with Gasteiger partial charge in [-0.2, -0.15) is 5.10 Å². The maximum absolute atomic E-state index is 12.3. The monoisotopic (exact) mass is 305 g/mol. The summed E-state index contributed by atoms with van der Waals surface area (Å²) in [6.07, 6.45) is 1.67. The fourth-order valence-electron chi connectivity index (χ4n) is 2.17. The predicted octanol–water partition coefficient (Wildman–Crippen LogP) is 2.01. The van der Waals surface area contributed by atoms with E-state index in [1.54, 1.807) is 37.0 Å². The summed E-state index contributed by atoms with van der Waals surface area (Å²) in [4.78, 5) is 12.3. The Kier molecular flexibility index (Phi) is 4.55. The third-order valence-electron chi connectivity index (χ3n) is 3.18. The highest BCUT2D eigenvalue weighted by Gasteiger charge is 2.17. The second kappa shape index (κ2) is 6.38. The van der Waals surface area contributed by atoms with E-state index >= 15 is 0 Å². The first-order valence-electron chi connectivity index (χ1n) is 6.61. The van der Waals surface area contributed by atoms with Crippen LogP contribution < -0.4 is 19.5 Å². The van der Waals surface area contributed by atoms with Gasteiger partial charge in [-0.15, -0.1) is 0 Å². The minimum Gasteiger partial charge on any atom is -0.493 e. The molecule has 0 atom stereocenters. The van der Waals surface area contributed by atoms with Crippen molar-refractivity contribution >= 4 is 11.6 Å². The van der Waals surface area contributed by atoms with E-state index in [2.05, 4.69) is 10.4 Å². The van der Waals surface area contributed by atoms with E-state index in [0.717, 1.165) is 0 Å². The van der Waals surface area contributed by atoms with Gasteiger partial charge in [0.25, 0.3) is 5.91 Å². The number of nitrogens with one attached hydrogen (secondary N) is 1. The van der Waals surface area contributed by atoms with Gasteiger partial charge in [0, 0.05) is 31.1 Å². The minimum atomic E-state index is -0.250.